The van der Waals surface area contributed by atoms with Crippen molar-refractivity contribution >= 4 is 16.0 Å². The molecule has 2 aromatic carbocycles. The lowest BCUT2D eigenvalue weighted by atomic mass is 10.2. The number of ether oxygens (including phenoxy) is 3. The molecule has 0 unspecified atom stereocenters. The maximum absolute atomic E-state index is 13.4. The van der Waals surface area contributed by atoms with Gasteiger partial charge in [-0.05, 0) is 48.7 Å². The SMILES string of the molecule is CCOC(=O)[C@H](CC)S(=O)(=O)N(Cc1ccc(OC)cc1)Cc1ccc(OC)cc1. The number of methoxy groups -OCH3 is 2. The Hall–Kier alpha value is -2.58. The predicted molar refractivity (Wildman–Crippen MR) is 115 cm³/mol. The van der Waals surface area contributed by atoms with Gasteiger partial charge in [-0.1, -0.05) is 31.2 Å². The zero-order valence-corrected chi connectivity index (χ0v) is 18.6. The van der Waals surface area contributed by atoms with Crippen molar-refractivity contribution in [1.82, 2.24) is 4.31 Å². The minimum atomic E-state index is -3.97. The maximum Gasteiger partial charge on any atom is 0.325 e. The summed E-state index contributed by atoms with van der Waals surface area (Å²) in [6.45, 7) is 3.69. The molecule has 0 N–H and O–H groups in total. The Labute approximate surface area is 178 Å². The molecule has 0 aliphatic heterocycles. The van der Waals surface area contributed by atoms with Crippen LogP contribution in [0.3, 0.4) is 0 Å². The van der Waals surface area contributed by atoms with Crippen LogP contribution in [0.4, 0.5) is 0 Å². The summed E-state index contributed by atoms with van der Waals surface area (Å²) < 4.78 is 43.5. The molecule has 0 fully saturated rings. The highest BCUT2D eigenvalue weighted by molar-refractivity contribution is 7.90. The molecule has 7 nitrogen and oxygen atoms in total. The molecule has 8 heteroatoms. The summed E-state index contributed by atoms with van der Waals surface area (Å²) in [5.74, 6) is 0.636. The van der Waals surface area contributed by atoms with E-state index >= 15 is 0 Å². The normalized spacial score (nSPS) is 12.4. The first-order valence-electron chi connectivity index (χ1n) is 9.77. The second-order valence-electron chi connectivity index (χ2n) is 6.66. The Kier molecular flexibility index (Phi) is 8.68. The molecule has 0 amide bonds. The average molecular weight is 436 g/mol. The highest BCUT2D eigenvalue weighted by Gasteiger charge is 2.37. The van der Waals surface area contributed by atoms with E-state index in [1.807, 2.05) is 0 Å². The minimum absolute atomic E-state index is 0.119. The van der Waals surface area contributed by atoms with Crippen molar-refractivity contribution in [1.29, 1.82) is 0 Å². The lowest BCUT2D eigenvalue weighted by molar-refractivity contribution is -0.142. The smallest absolute Gasteiger partial charge is 0.325 e. The summed E-state index contributed by atoms with van der Waals surface area (Å²) in [5, 5.41) is -1.26. The van der Waals surface area contributed by atoms with Gasteiger partial charge in [0.2, 0.25) is 10.0 Å². The molecular weight excluding hydrogens is 406 g/mol. The molecule has 30 heavy (non-hydrogen) atoms. The summed E-state index contributed by atoms with van der Waals surface area (Å²) in [6, 6.07) is 14.3. The molecule has 2 rings (SSSR count). The van der Waals surface area contributed by atoms with E-state index in [9.17, 15) is 13.2 Å². The molecule has 0 spiro atoms. The number of hydrogen-bond acceptors (Lipinski definition) is 6. The number of esters is 1. The molecule has 0 aromatic heterocycles. The Morgan fingerprint density at radius 1 is 0.867 bits per heavy atom. The van der Waals surface area contributed by atoms with Crippen LogP contribution in [0.5, 0.6) is 11.5 Å². The first-order chi connectivity index (χ1) is 14.3. The molecule has 2 aromatic rings. The number of hydrogen-bond donors (Lipinski definition) is 0. The van der Waals surface area contributed by atoms with E-state index in [1.165, 1.54) is 4.31 Å². The van der Waals surface area contributed by atoms with Crippen molar-refractivity contribution in [3.05, 3.63) is 59.7 Å². The molecule has 0 saturated carbocycles. The second-order valence-corrected chi connectivity index (χ2v) is 8.77. The van der Waals surface area contributed by atoms with Crippen LogP contribution in [0.2, 0.25) is 0 Å². The summed E-state index contributed by atoms with van der Waals surface area (Å²) in [7, 11) is -0.826. The van der Waals surface area contributed by atoms with Gasteiger partial charge in [0.15, 0.2) is 5.25 Å². The third-order valence-corrected chi connectivity index (χ3v) is 6.90. The van der Waals surface area contributed by atoms with E-state index in [0.29, 0.717) is 11.5 Å². The molecule has 0 saturated heterocycles. The lowest BCUT2D eigenvalue weighted by Crippen LogP contribution is -2.42. The highest BCUT2D eigenvalue weighted by atomic mass is 32.2. The predicted octanol–water partition coefficient (Wildman–Crippen LogP) is 3.38. The highest BCUT2D eigenvalue weighted by Crippen LogP contribution is 2.23. The monoisotopic (exact) mass is 435 g/mol. The summed E-state index contributed by atoms with van der Waals surface area (Å²) in [5.41, 5.74) is 1.57. The minimum Gasteiger partial charge on any atom is -0.497 e. The van der Waals surface area contributed by atoms with Crippen LogP contribution in [0.15, 0.2) is 48.5 Å². The number of sulfonamides is 1. The largest absolute Gasteiger partial charge is 0.497 e. The maximum atomic E-state index is 13.4. The third kappa shape index (κ3) is 5.96. The molecule has 0 heterocycles. The number of benzene rings is 2. The number of carbonyl (C=O) groups is 1. The Morgan fingerprint density at radius 2 is 1.30 bits per heavy atom. The average Bonchev–Trinajstić information content (AvgIpc) is 2.74. The van der Waals surface area contributed by atoms with Gasteiger partial charge in [0, 0.05) is 13.1 Å². The van der Waals surface area contributed by atoms with E-state index in [-0.39, 0.29) is 26.1 Å². The van der Waals surface area contributed by atoms with E-state index in [4.69, 9.17) is 14.2 Å². The quantitative estimate of drug-likeness (QED) is 0.503. The molecule has 164 valence electrons. The summed E-state index contributed by atoms with van der Waals surface area (Å²) >= 11 is 0. The van der Waals surface area contributed by atoms with Crippen molar-refractivity contribution in [2.45, 2.75) is 38.6 Å². The zero-order chi connectivity index (χ0) is 22.1. The fourth-order valence-electron chi connectivity index (χ4n) is 3.02. The molecule has 0 bridgehead atoms. The van der Waals surface area contributed by atoms with Gasteiger partial charge < -0.3 is 14.2 Å². The van der Waals surface area contributed by atoms with E-state index in [0.717, 1.165) is 11.1 Å². The lowest BCUT2D eigenvalue weighted by Gasteiger charge is -2.26. The van der Waals surface area contributed by atoms with Crippen molar-refractivity contribution in [3.8, 4) is 11.5 Å². The van der Waals surface area contributed by atoms with Crippen molar-refractivity contribution < 1.29 is 27.4 Å². The molecule has 1 atom stereocenters. The van der Waals surface area contributed by atoms with Crippen molar-refractivity contribution in [2.24, 2.45) is 0 Å². The van der Waals surface area contributed by atoms with Gasteiger partial charge in [-0.15, -0.1) is 0 Å². The summed E-state index contributed by atoms with van der Waals surface area (Å²) in [4.78, 5) is 12.3. The first kappa shape index (κ1) is 23.7. The van der Waals surface area contributed by atoms with Crippen LogP contribution in [-0.4, -0.2) is 44.8 Å². The Bertz CT molecular complexity index is 860. The van der Waals surface area contributed by atoms with Crippen LogP contribution in [0.1, 0.15) is 31.4 Å². The topological polar surface area (TPSA) is 82.1 Å². The molecule has 0 radical (unpaired) electrons. The van der Waals surface area contributed by atoms with Crippen molar-refractivity contribution in [3.63, 3.8) is 0 Å². The van der Waals surface area contributed by atoms with Crippen LogP contribution in [-0.2, 0) is 32.6 Å². The van der Waals surface area contributed by atoms with E-state index in [1.54, 1.807) is 76.6 Å². The van der Waals surface area contributed by atoms with Crippen LogP contribution in [0.25, 0.3) is 0 Å². The molecule has 0 aliphatic rings. The van der Waals surface area contributed by atoms with Crippen LogP contribution < -0.4 is 9.47 Å². The van der Waals surface area contributed by atoms with Gasteiger partial charge in [-0.25, -0.2) is 8.42 Å². The Morgan fingerprint density at radius 3 is 1.63 bits per heavy atom. The zero-order valence-electron chi connectivity index (χ0n) is 17.8. The molecular formula is C22H29NO6S. The van der Waals surface area contributed by atoms with Gasteiger partial charge >= 0.3 is 5.97 Å². The molecule has 0 aliphatic carbocycles. The third-order valence-electron chi connectivity index (χ3n) is 4.68. The number of rotatable bonds is 11. The number of nitrogens with zero attached hydrogens (tertiary/aromatic N) is 1. The van der Waals surface area contributed by atoms with Gasteiger partial charge in [0.05, 0.1) is 20.8 Å². The van der Waals surface area contributed by atoms with Gasteiger partial charge in [0.1, 0.15) is 11.5 Å². The van der Waals surface area contributed by atoms with Gasteiger partial charge in [-0.2, -0.15) is 4.31 Å². The van der Waals surface area contributed by atoms with E-state index in [2.05, 4.69) is 0 Å². The van der Waals surface area contributed by atoms with Crippen LogP contribution in [0, 0.1) is 0 Å². The number of carbonyl (C=O) groups excluding carboxylic acids is 1. The Balaban J connectivity index is 2.37. The fourth-order valence-corrected chi connectivity index (χ4v) is 4.77. The standard InChI is InChI=1S/C22H29NO6S/c1-5-21(22(24)29-6-2)30(25,26)23(15-17-7-11-19(27-3)12-8-17)16-18-9-13-20(28-4)14-10-18/h7-14,21H,5-6,15-16H2,1-4H3/t21-/m0/s1. The fraction of sp³-hybridized carbons (Fsp3) is 0.409. The van der Waals surface area contributed by atoms with Gasteiger partial charge in [-0.3, -0.25) is 4.79 Å². The second kappa shape index (κ2) is 11.0. The van der Waals surface area contributed by atoms with Crippen molar-refractivity contribution in [2.75, 3.05) is 20.8 Å². The van der Waals surface area contributed by atoms with E-state index < -0.39 is 21.2 Å². The first-order valence-corrected chi connectivity index (χ1v) is 11.3. The summed E-state index contributed by atoms with van der Waals surface area (Å²) in [6.07, 6.45) is 0.128. The van der Waals surface area contributed by atoms with Gasteiger partial charge in [0.25, 0.3) is 0 Å². The van der Waals surface area contributed by atoms with Crippen LogP contribution >= 0.6 is 0 Å².